The second-order valence-corrected chi connectivity index (χ2v) is 9.51. The number of anilines is 1. The summed E-state index contributed by atoms with van der Waals surface area (Å²) in [5.74, 6) is -0.461. The van der Waals surface area contributed by atoms with Crippen LogP contribution in [0.5, 0.6) is 0 Å². The van der Waals surface area contributed by atoms with Crippen molar-refractivity contribution in [3.8, 4) is 11.3 Å². The number of pyridine rings is 1. The van der Waals surface area contributed by atoms with Crippen molar-refractivity contribution in [2.45, 2.75) is 52.8 Å². The first-order chi connectivity index (χ1) is 17.2. The van der Waals surface area contributed by atoms with E-state index in [0.717, 1.165) is 10.5 Å². The monoisotopic (exact) mass is 517 g/mol. The molecule has 0 radical (unpaired) electrons. The second-order valence-electron chi connectivity index (χ2n) is 9.51. The minimum atomic E-state index is -4.48. The smallest absolute Gasteiger partial charge is 0.414 e. The zero-order valence-corrected chi connectivity index (χ0v) is 21.6. The lowest BCUT2D eigenvalue weighted by Crippen LogP contribution is -2.39. The Morgan fingerprint density at radius 2 is 1.86 bits per heavy atom. The Bertz CT molecular complexity index is 1340. The molecule has 3 rings (SSSR count). The molecule has 0 fully saturated rings. The molecular weight excluding hydrogens is 487 g/mol. The van der Waals surface area contributed by atoms with Crippen molar-refractivity contribution in [3.63, 3.8) is 0 Å². The van der Waals surface area contributed by atoms with Gasteiger partial charge in [-0.3, -0.25) is 9.30 Å². The van der Waals surface area contributed by atoms with Gasteiger partial charge in [-0.2, -0.15) is 13.2 Å². The molecule has 0 aliphatic heterocycles. The van der Waals surface area contributed by atoms with Gasteiger partial charge in [0.15, 0.2) is 5.65 Å². The molecule has 0 spiro atoms. The minimum absolute atomic E-state index is 0.184. The quantitative estimate of drug-likeness (QED) is 0.335. The molecule has 3 aromatic rings. The second kappa shape index (κ2) is 10.7. The molecule has 2 aromatic heterocycles. The number of rotatable bonds is 6. The summed E-state index contributed by atoms with van der Waals surface area (Å²) in [5, 5.41) is 0. The Balaban J connectivity index is 2.20. The van der Waals surface area contributed by atoms with Crippen LogP contribution >= 0.6 is 0 Å². The molecule has 37 heavy (non-hydrogen) atoms. The van der Waals surface area contributed by atoms with Crippen molar-refractivity contribution in [1.82, 2.24) is 9.38 Å². The van der Waals surface area contributed by atoms with Crippen LogP contribution in [-0.4, -0.2) is 46.9 Å². The maximum absolute atomic E-state index is 13.2. The zero-order valence-electron chi connectivity index (χ0n) is 21.6. The molecule has 1 aromatic carbocycles. The SMILES string of the molecule is C/C=C/c1cc(N(CCC(F)(F)F)C(=O)OC(C)(C)C)c2ncc(-c3ccc(C(=O)OC)c(C)c3)n2c1. The van der Waals surface area contributed by atoms with Crippen LogP contribution in [0.15, 0.2) is 42.7 Å². The Morgan fingerprint density at radius 1 is 1.16 bits per heavy atom. The third-order valence-corrected chi connectivity index (χ3v) is 5.42. The molecular formula is C27H30F3N3O4. The summed E-state index contributed by atoms with van der Waals surface area (Å²) >= 11 is 0. The average molecular weight is 518 g/mol. The number of hydrogen-bond donors (Lipinski definition) is 0. The summed E-state index contributed by atoms with van der Waals surface area (Å²) in [6.07, 6.45) is 0.313. The number of methoxy groups -OCH3 is 1. The number of allylic oxidation sites excluding steroid dienone is 1. The number of ether oxygens (including phenoxy) is 2. The average Bonchev–Trinajstić information content (AvgIpc) is 3.21. The van der Waals surface area contributed by atoms with Gasteiger partial charge in [0.1, 0.15) is 5.60 Å². The number of amides is 1. The van der Waals surface area contributed by atoms with E-state index in [1.165, 1.54) is 7.11 Å². The van der Waals surface area contributed by atoms with Crippen LogP contribution in [0, 0.1) is 6.92 Å². The van der Waals surface area contributed by atoms with Gasteiger partial charge in [0, 0.05) is 18.3 Å². The highest BCUT2D eigenvalue weighted by Crippen LogP contribution is 2.32. The molecule has 0 aliphatic carbocycles. The number of fused-ring (bicyclic) bond motifs is 1. The number of alkyl halides is 3. The van der Waals surface area contributed by atoms with E-state index in [1.54, 1.807) is 80.9 Å². The summed E-state index contributed by atoms with van der Waals surface area (Å²) in [4.78, 5) is 30.5. The lowest BCUT2D eigenvalue weighted by molar-refractivity contribution is -0.132. The van der Waals surface area contributed by atoms with Crippen LogP contribution < -0.4 is 4.90 Å². The van der Waals surface area contributed by atoms with Crippen molar-refractivity contribution >= 4 is 29.5 Å². The van der Waals surface area contributed by atoms with Crippen molar-refractivity contribution in [2.75, 3.05) is 18.6 Å². The van der Waals surface area contributed by atoms with Crippen LogP contribution in [0.25, 0.3) is 23.0 Å². The van der Waals surface area contributed by atoms with E-state index in [9.17, 15) is 22.8 Å². The summed E-state index contributed by atoms with van der Waals surface area (Å²) in [6, 6.07) is 6.79. The molecule has 0 saturated heterocycles. The van der Waals surface area contributed by atoms with Gasteiger partial charge in [0.05, 0.1) is 36.7 Å². The Hall–Kier alpha value is -3.82. The van der Waals surface area contributed by atoms with Crippen molar-refractivity contribution < 1.29 is 32.2 Å². The van der Waals surface area contributed by atoms with Gasteiger partial charge in [-0.25, -0.2) is 14.6 Å². The molecule has 0 atom stereocenters. The zero-order chi connectivity index (χ0) is 27.5. The van der Waals surface area contributed by atoms with E-state index >= 15 is 0 Å². The third kappa shape index (κ3) is 6.69. The fraction of sp³-hybridized carbons (Fsp3) is 0.370. The Kier molecular flexibility index (Phi) is 8.00. The topological polar surface area (TPSA) is 73.1 Å². The Morgan fingerprint density at radius 3 is 2.43 bits per heavy atom. The molecule has 2 heterocycles. The number of aromatic nitrogens is 2. The standard InChI is InChI=1S/C27H30F3N3O4/c1-7-8-18-14-21(32(12-11-27(28,29)30)25(35)37-26(3,4)5)23-31-15-22(33(23)16-18)19-9-10-20(17(2)13-19)24(34)36-6/h7-10,13-16H,11-12H2,1-6H3/b8-7+. The number of hydrogen-bond acceptors (Lipinski definition) is 5. The lowest BCUT2D eigenvalue weighted by Gasteiger charge is -2.28. The summed E-state index contributed by atoms with van der Waals surface area (Å²) in [5.41, 5.74) is 2.65. The van der Waals surface area contributed by atoms with Gasteiger partial charge in [-0.15, -0.1) is 0 Å². The van der Waals surface area contributed by atoms with E-state index in [0.29, 0.717) is 22.4 Å². The normalized spacial score (nSPS) is 12.2. The molecule has 1 amide bonds. The fourth-order valence-corrected chi connectivity index (χ4v) is 3.81. The van der Waals surface area contributed by atoms with E-state index in [2.05, 4.69) is 4.98 Å². The van der Waals surface area contributed by atoms with E-state index in [-0.39, 0.29) is 11.3 Å². The largest absolute Gasteiger partial charge is 0.465 e. The number of carbonyl (C=O) groups is 2. The van der Waals surface area contributed by atoms with Crippen LogP contribution in [0.3, 0.4) is 0 Å². The minimum Gasteiger partial charge on any atom is -0.465 e. The lowest BCUT2D eigenvalue weighted by atomic mass is 10.0. The fourth-order valence-electron chi connectivity index (χ4n) is 3.81. The number of benzene rings is 1. The predicted molar refractivity (Wildman–Crippen MR) is 136 cm³/mol. The molecule has 0 aliphatic rings. The third-order valence-electron chi connectivity index (χ3n) is 5.42. The maximum atomic E-state index is 13.2. The van der Waals surface area contributed by atoms with Crippen LogP contribution in [-0.2, 0) is 9.47 Å². The highest BCUT2D eigenvalue weighted by Gasteiger charge is 2.32. The number of imidazole rings is 1. The number of esters is 1. The summed E-state index contributed by atoms with van der Waals surface area (Å²) in [7, 11) is 1.31. The van der Waals surface area contributed by atoms with E-state index < -0.39 is 36.8 Å². The summed E-state index contributed by atoms with van der Waals surface area (Å²) < 4.78 is 51.5. The molecule has 0 saturated carbocycles. The number of halogens is 3. The van der Waals surface area contributed by atoms with Gasteiger partial charge < -0.3 is 9.47 Å². The Labute approximate surface area is 213 Å². The molecule has 0 bridgehead atoms. The molecule has 7 nitrogen and oxygen atoms in total. The molecule has 198 valence electrons. The first-order valence-corrected chi connectivity index (χ1v) is 11.6. The van der Waals surface area contributed by atoms with Gasteiger partial charge in [-0.1, -0.05) is 18.2 Å². The summed E-state index contributed by atoms with van der Waals surface area (Å²) in [6.45, 7) is 7.88. The van der Waals surface area contributed by atoms with E-state index in [4.69, 9.17) is 9.47 Å². The molecule has 0 N–H and O–H groups in total. The number of aryl methyl sites for hydroxylation is 1. The van der Waals surface area contributed by atoms with Crippen molar-refractivity contribution in [3.05, 3.63) is 59.4 Å². The van der Waals surface area contributed by atoms with Gasteiger partial charge in [-0.05, 0) is 63.9 Å². The predicted octanol–water partition coefficient (Wildman–Crippen LogP) is 6.82. The first kappa shape index (κ1) is 27.8. The van der Waals surface area contributed by atoms with E-state index in [1.807, 2.05) is 6.92 Å². The number of carbonyl (C=O) groups excluding carboxylic acids is 2. The van der Waals surface area contributed by atoms with Crippen LogP contribution in [0.2, 0.25) is 0 Å². The van der Waals surface area contributed by atoms with Gasteiger partial charge in [0.25, 0.3) is 0 Å². The van der Waals surface area contributed by atoms with Gasteiger partial charge >= 0.3 is 18.2 Å². The first-order valence-electron chi connectivity index (χ1n) is 11.6. The van der Waals surface area contributed by atoms with Crippen molar-refractivity contribution in [2.24, 2.45) is 0 Å². The van der Waals surface area contributed by atoms with Crippen molar-refractivity contribution in [1.29, 1.82) is 0 Å². The maximum Gasteiger partial charge on any atom is 0.414 e. The van der Waals surface area contributed by atoms with Crippen LogP contribution in [0.4, 0.5) is 23.7 Å². The van der Waals surface area contributed by atoms with Crippen LogP contribution in [0.1, 0.15) is 55.6 Å². The highest BCUT2D eigenvalue weighted by molar-refractivity contribution is 5.94. The number of nitrogens with zero attached hydrogens (tertiary/aromatic N) is 3. The molecule has 10 heteroatoms. The van der Waals surface area contributed by atoms with Gasteiger partial charge in [0.2, 0.25) is 0 Å². The highest BCUT2D eigenvalue weighted by atomic mass is 19.4. The molecule has 0 unspecified atom stereocenters.